The molecule has 1 atom stereocenters. The third-order valence-corrected chi connectivity index (χ3v) is 5.98. The number of anilines is 1. The topological polar surface area (TPSA) is 62.6 Å². The van der Waals surface area contributed by atoms with Crippen molar-refractivity contribution in [1.82, 2.24) is 4.98 Å². The maximum Gasteiger partial charge on any atom is 0.286 e. The first kappa shape index (κ1) is 17.5. The second-order valence-electron chi connectivity index (χ2n) is 6.02. The average molecular weight is 365 g/mol. The lowest BCUT2D eigenvalue weighted by Crippen LogP contribution is -2.54. The van der Waals surface area contributed by atoms with E-state index in [0.717, 1.165) is 6.26 Å². The van der Waals surface area contributed by atoms with Crippen molar-refractivity contribution in [3.05, 3.63) is 60.4 Å². The summed E-state index contributed by atoms with van der Waals surface area (Å²) in [6.07, 6.45) is 2.30. The van der Waals surface area contributed by atoms with Crippen LogP contribution in [-0.2, 0) is 9.84 Å². The number of pyridine rings is 1. The quantitative estimate of drug-likeness (QED) is 0.836. The molecule has 0 bridgehead atoms. The van der Waals surface area contributed by atoms with Crippen LogP contribution in [-0.4, -0.2) is 42.8 Å². The Balaban J connectivity index is 2.24. The summed E-state index contributed by atoms with van der Waals surface area (Å²) in [6.45, 7) is 0.105. The van der Waals surface area contributed by atoms with Crippen LogP contribution in [0.4, 0.5) is 14.5 Å². The van der Waals surface area contributed by atoms with Gasteiger partial charge in [-0.2, -0.15) is 0 Å². The van der Waals surface area contributed by atoms with Crippen molar-refractivity contribution >= 4 is 21.4 Å². The number of hydrogen-bond acceptors (Lipinski definition) is 5. The molecular weight excluding hydrogens is 348 g/mol. The lowest BCUT2D eigenvalue weighted by atomic mass is 10.1. The molecule has 0 saturated carbocycles. The van der Waals surface area contributed by atoms with Gasteiger partial charge in [-0.05, 0) is 24.3 Å². The zero-order valence-electron chi connectivity index (χ0n) is 13.7. The standard InChI is InChI=1S/C17H17F2N3O2S/c1-16(18,19)17(25(2,23)24)12-22(13-8-4-3-5-9-13)15(21-17)14-10-6-7-11-20-14/h3-11H,12H2,1-2H3. The molecule has 1 aromatic carbocycles. The number of aromatic nitrogens is 1. The minimum Gasteiger partial charge on any atom is -0.321 e. The van der Waals surface area contributed by atoms with E-state index in [4.69, 9.17) is 0 Å². The Bertz CT molecular complexity index is 896. The van der Waals surface area contributed by atoms with Gasteiger partial charge < -0.3 is 4.90 Å². The molecule has 0 fully saturated rings. The van der Waals surface area contributed by atoms with Gasteiger partial charge in [-0.1, -0.05) is 24.3 Å². The summed E-state index contributed by atoms with van der Waals surface area (Å²) in [7, 11) is -4.21. The summed E-state index contributed by atoms with van der Waals surface area (Å²) >= 11 is 0. The lowest BCUT2D eigenvalue weighted by Gasteiger charge is -2.31. The zero-order chi connectivity index (χ0) is 18.3. The molecule has 2 aromatic rings. The van der Waals surface area contributed by atoms with E-state index < -0.39 is 27.2 Å². The molecule has 5 nitrogen and oxygen atoms in total. The summed E-state index contributed by atoms with van der Waals surface area (Å²) in [4.78, 5) is 7.09. The van der Waals surface area contributed by atoms with Crippen LogP contribution in [0.15, 0.2) is 59.7 Å². The number of hydrogen-bond donors (Lipinski definition) is 0. The van der Waals surface area contributed by atoms with E-state index in [-0.39, 0.29) is 5.84 Å². The molecule has 1 aliphatic rings. The highest BCUT2D eigenvalue weighted by Crippen LogP contribution is 2.42. The van der Waals surface area contributed by atoms with Crippen molar-refractivity contribution in [2.75, 3.05) is 17.7 Å². The maximum absolute atomic E-state index is 14.4. The number of alkyl halides is 2. The van der Waals surface area contributed by atoms with Crippen LogP contribution in [0.2, 0.25) is 0 Å². The molecule has 1 aliphatic heterocycles. The van der Waals surface area contributed by atoms with Gasteiger partial charge in [0, 0.05) is 25.1 Å². The molecule has 8 heteroatoms. The highest BCUT2D eigenvalue weighted by Gasteiger charge is 2.62. The fraction of sp³-hybridized carbons (Fsp3) is 0.294. The molecule has 3 rings (SSSR count). The first-order chi connectivity index (χ1) is 11.7. The van der Waals surface area contributed by atoms with E-state index in [0.29, 0.717) is 18.3 Å². The zero-order valence-corrected chi connectivity index (χ0v) is 14.5. The molecule has 1 aromatic heterocycles. The summed E-state index contributed by atoms with van der Waals surface area (Å²) in [5.74, 6) is -3.46. The molecule has 0 N–H and O–H groups in total. The number of sulfone groups is 1. The molecule has 25 heavy (non-hydrogen) atoms. The minimum absolute atomic E-state index is 0.110. The highest BCUT2D eigenvalue weighted by molar-refractivity contribution is 7.92. The van der Waals surface area contributed by atoms with Gasteiger partial charge in [-0.3, -0.25) is 4.98 Å². The number of amidine groups is 1. The molecule has 0 saturated heterocycles. The van der Waals surface area contributed by atoms with Crippen molar-refractivity contribution in [2.45, 2.75) is 17.7 Å². The van der Waals surface area contributed by atoms with Crippen LogP contribution in [0.1, 0.15) is 12.6 Å². The Hall–Kier alpha value is -2.35. The van der Waals surface area contributed by atoms with E-state index >= 15 is 0 Å². The van der Waals surface area contributed by atoms with Gasteiger partial charge in [0.15, 0.2) is 15.7 Å². The van der Waals surface area contributed by atoms with E-state index in [1.807, 2.05) is 0 Å². The monoisotopic (exact) mass is 365 g/mol. The Kier molecular flexibility index (Phi) is 4.10. The number of aliphatic imine (C=N–C) groups is 1. The Morgan fingerprint density at radius 2 is 1.76 bits per heavy atom. The molecule has 0 spiro atoms. The Morgan fingerprint density at radius 3 is 2.28 bits per heavy atom. The molecule has 0 radical (unpaired) electrons. The van der Waals surface area contributed by atoms with Crippen molar-refractivity contribution < 1.29 is 17.2 Å². The van der Waals surface area contributed by atoms with E-state index in [9.17, 15) is 17.2 Å². The molecule has 0 amide bonds. The van der Waals surface area contributed by atoms with Gasteiger partial charge in [0.1, 0.15) is 5.69 Å². The Morgan fingerprint density at radius 1 is 1.12 bits per heavy atom. The number of para-hydroxylation sites is 1. The second-order valence-corrected chi connectivity index (χ2v) is 8.24. The number of halogens is 2. The van der Waals surface area contributed by atoms with Gasteiger partial charge in [0.2, 0.25) is 4.87 Å². The number of rotatable bonds is 4. The lowest BCUT2D eigenvalue weighted by molar-refractivity contribution is -0.0157. The van der Waals surface area contributed by atoms with Gasteiger partial charge in [-0.15, -0.1) is 0 Å². The van der Waals surface area contributed by atoms with Crippen molar-refractivity contribution in [3.8, 4) is 0 Å². The van der Waals surface area contributed by atoms with Crippen LogP contribution in [0, 0.1) is 0 Å². The first-order valence-electron chi connectivity index (χ1n) is 7.57. The van der Waals surface area contributed by atoms with Crippen molar-refractivity contribution in [3.63, 3.8) is 0 Å². The van der Waals surface area contributed by atoms with Crippen LogP contribution in [0.25, 0.3) is 0 Å². The van der Waals surface area contributed by atoms with Crippen LogP contribution in [0.3, 0.4) is 0 Å². The van der Waals surface area contributed by atoms with Gasteiger partial charge in [0.05, 0.1) is 6.54 Å². The summed E-state index contributed by atoms with van der Waals surface area (Å²) in [5.41, 5.74) is 0.905. The summed E-state index contributed by atoms with van der Waals surface area (Å²) < 4.78 is 53.5. The summed E-state index contributed by atoms with van der Waals surface area (Å²) in [5, 5.41) is 0. The second kappa shape index (κ2) is 5.87. The van der Waals surface area contributed by atoms with E-state index in [1.54, 1.807) is 48.5 Å². The van der Waals surface area contributed by atoms with Crippen LogP contribution in [0.5, 0.6) is 0 Å². The maximum atomic E-state index is 14.4. The Labute approximate surface area is 145 Å². The summed E-state index contributed by atoms with van der Waals surface area (Å²) in [6, 6.07) is 13.7. The predicted molar refractivity (Wildman–Crippen MR) is 92.8 cm³/mol. The molecule has 132 valence electrons. The fourth-order valence-corrected chi connectivity index (χ4v) is 4.10. The number of benzene rings is 1. The van der Waals surface area contributed by atoms with Crippen LogP contribution < -0.4 is 4.90 Å². The molecular formula is C17H17F2N3O2S. The fourth-order valence-electron chi connectivity index (χ4n) is 2.83. The minimum atomic E-state index is -4.21. The predicted octanol–water partition coefficient (Wildman–Crippen LogP) is 2.74. The average Bonchev–Trinajstić information content (AvgIpc) is 2.98. The highest BCUT2D eigenvalue weighted by atomic mass is 32.2. The van der Waals surface area contributed by atoms with Gasteiger partial charge in [0.25, 0.3) is 5.92 Å². The van der Waals surface area contributed by atoms with Crippen LogP contribution >= 0.6 is 0 Å². The van der Waals surface area contributed by atoms with E-state index in [2.05, 4.69) is 9.98 Å². The molecule has 0 aliphatic carbocycles. The number of nitrogens with zero attached hydrogens (tertiary/aromatic N) is 3. The van der Waals surface area contributed by atoms with Crippen molar-refractivity contribution in [2.24, 2.45) is 4.99 Å². The van der Waals surface area contributed by atoms with Gasteiger partial charge >= 0.3 is 0 Å². The smallest absolute Gasteiger partial charge is 0.286 e. The largest absolute Gasteiger partial charge is 0.321 e. The third kappa shape index (κ3) is 2.90. The first-order valence-corrected chi connectivity index (χ1v) is 9.46. The van der Waals surface area contributed by atoms with E-state index in [1.165, 1.54) is 11.1 Å². The normalized spacial score (nSPS) is 21.3. The molecule has 2 heterocycles. The third-order valence-electron chi connectivity index (χ3n) is 4.18. The van der Waals surface area contributed by atoms with Crippen molar-refractivity contribution in [1.29, 1.82) is 0 Å². The molecule has 1 unspecified atom stereocenters. The SMILES string of the molecule is CC(F)(F)C1(S(C)(=O)=O)CN(c2ccccc2)C(c2ccccn2)=N1. The van der Waals surface area contributed by atoms with Gasteiger partial charge in [-0.25, -0.2) is 22.2 Å².